The molecule has 2 heterocycles. The molecule has 0 bridgehead atoms. The molecule has 9 heteroatoms. The second-order valence-corrected chi connectivity index (χ2v) is 6.80. The van der Waals surface area contributed by atoms with Crippen molar-refractivity contribution < 1.29 is 9.66 Å². The lowest BCUT2D eigenvalue weighted by Gasteiger charge is -2.12. The molecule has 0 aliphatic rings. The molecule has 0 amide bonds. The average Bonchev–Trinajstić information content (AvgIpc) is 3.14. The normalized spacial score (nSPS) is 10.7. The van der Waals surface area contributed by atoms with Crippen molar-refractivity contribution in [3.05, 3.63) is 70.3 Å². The van der Waals surface area contributed by atoms with E-state index in [1.165, 1.54) is 10.8 Å². The Hall–Kier alpha value is -2.94. The maximum Gasteiger partial charge on any atom is 0.434 e. The van der Waals surface area contributed by atoms with Gasteiger partial charge in [-0.25, -0.2) is 14.5 Å². The van der Waals surface area contributed by atoms with Gasteiger partial charge in [0.25, 0.3) is 0 Å². The van der Waals surface area contributed by atoms with Crippen molar-refractivity contribution in [3.8, 4) is 5.75 Å². The minimum absolute atomic E-state index is 0.166. The minimum Gasteiger partial charge on any atom is -0.493 e. The number of nitrogens with zero attached hydrogens (tertiary/aromatic N) is 5. The fraction of sp³-hybridized carbons (Fsp3) is 0.278. The number of ether oxygens (including phenoxy) is 1. The molecule has 0 saturated heterocycles. The van der Waals surface area contributed by atoms with Gasteiger partial charge in [0.2, 0.25) is 0 Å². The van der Waals surface area contributed by atoms with Crippen LogP contribution in [0.5, 0.6) is 5.75 Å². The van der Waals surface area contributed by atoms with Gasteiger partial charge in [0.1, 0.15) is 18.1 Å². The van der Waals surface area contributed by atoms with Crippen molar-refractivity contribution in [1.29, 1.82) is 0 Å². The molecule has 0 aliphatic carbocycles. The first-order valence-electron chi connectivity index (χ1n) is 8.42. The molecule has 0 spiro atoms. The zero-order valence-electron chi connectivity index (χ0n) is 14.8. The zero-order chi connectivity index (χ0) is 19.1. The van der Waals surface area contributed by atoms with E-state index in [9.17, 15) is 10.1 Å². The summed E-state index contributed by atoms with van der Waals surface area (Å²) >= 11 is 1.59. The summed E-state index contributed by atoms with van der Waals surface area (Å²) in [4.78, 5) is 22.7. The van der Waals surface area contributed by atoms with Crippen LogP contribution in [0.4, 0.5) is 5.95 Å². The van der Waals surface area contributed by atoms with E-state index in [0.29, 0.717) is 13.2 Å². The molecule has 0 radical (unpaired) electrons. The van der Waals surface area contributed by atoms with Crippen molar-refractivity contribution >= 4 is 17.7 Å². The summed E-state index contributed by atoms with van der Waals surface area (Å²) in [5.74, 6) is 1.49. The Morgan fingerprint density at radius 3 is 2.78 bits per heavy atom. The van der Waals surface area contributed by atoms with Crippen LogP contribution in [-0.4, -0.2) is 36.8 Å². The molecule has 0 fully saturated rings. The highest BCUT2D eigenvalue weighted by Crippen LogP contribution is 2.24. The summed E-state index contributed by atoms with van der Waals surface area (Å²) < 4.78 is 7.42. The van der Waals surface area contributed by atoms with Gasteiger partial charge in [-0.2, -0.15) is 0 Å². The van der Waals surface area contributed by atoms with Gasteiger partial charge in [-0.1, -0.05) is 28.9 Å². The maximum absolute atomic E-state index is 11.0. The zero-order valence-corrected chi connectivity index (χ0v) is 15.6. The van der Waals surface area contributed by atoms with Crippen LogP contribution in [0.25, 0.3) is 0 Å². The number of thioether (sulfide) groups is 1. The summed E-state index contributed by atoms with van der Waals surface area (Å²) in [5, 5.41) is 11.8. The third-order valence-electron chi connectivity index (χ3n) is 3.91. The fourth-order valence-electron chi connectivity index (χ4n) is 2.53. The van der Waals surface area contributed by atoms with E-state index in [0.717, 1.165) is 34.2 Å². The van der Waals surface area contributed by atoms with Gasteiger partial charge in [-0.15, -0.1) is 0 Å². The van der Waals surface area contributed by atoms with E-state index < -0.39 is 4.92 Å². The smallest absolute Gasteiger partial charge is 0.434 e. The Balaban J connectivity index is 1.55. The van der Waals surface area contributed by atoms with E-state index in [2.05, 4.69) is 15.0 Å². The quantitative estimate of drug-likeness (QED) is 0.183. The molecule has 27 heavy (non-hydrogen) atoms. The first-order chi connectivity index (χ1) is 13.1. The molecule has 1 aromatic carbocycles. The van der Waals surface area contributed by atoms with E-state index in [4.69, 9.17) is 4.74 Å². The predicted octanol–water partition coefficient (Wildman–Crippen LogP) is 3.50. The second-order valence-electron chi connectivity index (χ2n) is 5.73. The lowest BCUT2D eigenvalue weighted by molar-refractivity contribution is -0.396. The van der Waals surface area contributed by atoms with Gasteiger partial charge in [0.05, 0.1) is 13.2 Å². The van der Waals surface area contributed by atoms with Crippen molar-refractivity contribution in [2.45, 2.75) is 25.0 Å². The van der Waals surface area contributed by atoms with Crippen molar-refractivity contribution in [2.24, 2.45) is 0 Å². The van der Waals surface area contributed by atoms with Crippen LogP contribution in [0.1, 0.15) is 17.5 Å². The van der Waals surface area contributed by atoms with Crippen LogP contribution in [0.2, 0.25) is 0 Å². The molecule has 0 unspecified atom stereocenters. The molecule has 3 rings (SSSR count). The monoisotopic (exact) mass is 385 g/mol. The highest BCUT2D eigenvalue weighted by Gasteiger charge is 2.16. The Morgan fingerprint density at radius 2 is 2.00 bits per heavy atom. The van der Waals surface area contributed by atoms with Gasteiger partial charge < -0.3 is 14.9 Å². The molecule has 2 aromatic heterocycles. The lowest BCUT2D eigenvalue weighted by atomic mass is 10.1. The number of rotatable bonds is 9. The fourth-order valence-corrected chi connectivity index (χ4v) is 3.25. The van der Waals surface area contributed by atoms with Crippen molar-refractivity contribution in [2.75, 3.05) is 12.4 Å². The number of aromatic nitrogens is 4. The van der Waals surface area contributed by atoms with Crippen LogP contribution in [0, 0.1) is 17.0 Å². The first-order valence-corrected chi connectivity index (χ1v) is 9.40. The lowest BCUT2D eigenvalue weighted by Crippen LogP contribution is -2.07. The van der Waals surface area contributed by atoms with E-state index in [1.807, 2.05) is 25.1 Å². The second kappa shape index (κ2) is 9.13. The van der Waals surface area contributed by atoms with E-state index in [1.54, 1.807) is 36.4 Å². The molecule has 0 N–H and O–H groups in total. The largest absolute Gasteiger partial charge is 0.493 e. The van der Waals surface area contributed by atoms with Crippen LogP contribution < -0.4 is 4.74 Å². The molecule has 0 saturated carbocycles. The van der Waals surface area contributed by atoms with E-state index in [-0.39, 0.29) is 5.95 Å². The molecule has 0 aliphatic heterocycles. The summed E-state index contributed by atoms with van der Waals surface area (Å²) in [6, 6.07) is 7.54. The molecule has 8 nitrogen and oxygen atoms in total. The molecular weight excluding hydrogens is 366 g/mol. The van der Waals surface area contributed by atoms with Crippen LogP contribution >= 0.6 is 11.8 Å². The van der Waals surface area contributed by atoms with E-state index >= 15 is 0 Å². The Morgan fingerprint density at radius 1 is 1.19 bits per heavy atom. The SMILES string of the molecule is Cc1c(Cn2ccnc2[N+](=O)[O-])cccc1OCCCSc1ncccn1. The van der Waals surface area contributed by atoms with Crippen molar-refractivity contribution in [3.63, 3.8) is 0 Å². The number of nitro groups is 1. The highest BCUT2D eigenvalue weighted by molar-refractivity contribution is 7.99. The van der Waals surface area contributed by atoms with Gasteiger partial charge in [0.15, 0.2) is 5.16 Å². The summed E-state index contributed by atoms with van der Waals surface area (Å²) in [7, 11) is 0. The number of imidazole rings is 1. The summed E-state index contributed by atoms with van der Waals surface area (Å²) in [5.41, 5.74) is 1.93. The average molecular weight is 385 g/mol. The molecule has 0 atom stereocenters. The minimum atomic E-state index is -0.482. The summed E-state index contributed by atoms with van der Waals surface area (Å²) in [6.45, 7) is 2.91. The van der Waals surface area contributed by atoms with Crippen LogP contribution in [-0.2, 0) is 6.54 Å². The molecule has 3 aromatic rings. The summed E-state index contributed by atoms with van der Waals surface area (Å²) in [6.07, 6.45) is 7.35. The van der Waals surface area contributed by atoms with Crippen LogP contribution in [0.15, 0.2) is 54.2 Å². The standard InChI is InChI=1S/C18H19N5O3S/c1-14-15(13-22-10-9-21-18(22)23(24)25)5-2-6-16(14)26-11-4-12-27-17-19-7-3-8-20-17/h2-3,5-10H,4,11-13H2,1H3. The molecule has 140 valence electrons. The van der Waals surface area contributed by atoms with Gasteiger partial charge >= 0.3 is 5.95 Å². The number of hydrogen-bond acceptors (Lipinski definition) is 7. The van der Waals surface area contributed by atoms with Gasteiger partial charge in [-0.05, 0) is 41.5 Å². The predicted molar refractivity (Wildman–Crippen MR) is 102 cm³/mol. The van der Waals surface area contributed by atoms with Gasteiger partial charge in [0, 0.05) is 18.1 Å². The van der Waals surface area contributed by atoms with Gasteiger partial charge in [-0.3, -0.25) is 0 Å². The number of hydrogen-bond donors (Lipinski definition) is 0. The third-order valence-corrected chi connectivity index (χ3v) is 4.88. The maximum atomic E-state index is 11.0. The number of benzene rings is 1. The van der Waals surface area contributed by atoms with Crippen molar-refractivity contribution in [1.82, 2.24) is 19.5 Å². The Kier molecular flexibility index (Phi) is 6.37. The highest BCUT2D eigenvalue weighted by atomic mass is 32.2. The first kappa shape index (κ1) is 18.8. The Labute approximate surface area is 160 Å². The Bertz CT molecular complexity index is 901. The molecular formula is C18H19N5O3S. The topological polar surface area (TPSA) is 96.0 Å². The third kappa shape index (κ3) is 5.04. The van der Waals surface area contributed by atoms with Crippen LogP contribution in [0.3, 0.4) is 0 Å².